The molecule has 2 aliphatic heterocycles. The van der Waals surface area contributed by atoms with Crippen molar-refractivity contribution in [2.75, 3.05) is 13.2 Å². The lowest BCUT2D eigenvalue weighted by molar-refractivity contribution is 0.0516. The second-order valence-electron chi connectivity index (χ2n) is 16.9. The molecule has 9 aromatic rings. The molecule has 6 nitrogen and oxygen atoms in total. The van der Waals surface area contributed by atoms with Crippen LogP contribution in [0.15, 0.2) is 206 Å². The summed E-state index contributed by atoms with van der Waals surface area (Å²) >= 11 is 0. The van der Waals surface area contributed by atoms with E-state index in [4.69, 9.17) is 18.9 Å². The van der Waals surface area contributed by atoms with Gasteiger partial charge >= 0.3 is 11.9 Å². The number of hydrogen-bond acceptors (Lipinski definition) is 6. The van der Waals surface area contributed by atoms with Crippen LogP contribution >= 0.6 is 0 Å². The van der Waals surface area contributed by atoms with Gasteiger partial charge in [-0.3, -0.25) is 0 Å². The van der Waals surface area contributed by atoms with Crippen molar-refractivity contribution in [3.8, 4) is 33.8 Å². The Morgan fingerprint density at radius 2 is 0.750 bits per heavy atom. The largest absolute Gasteiger partial charge is 0.472 e. The zero-order valence-corrected chi connectivity index (χ0v) is 37.6. The highest BCUT2D eigenvalue weighted by atomic mass is 16.5. The third-order valence-corrected chi connectivity index (χ3v) is 13.1. The van der Waals surface area contributed by atoms with Gasteiger partial charge in [0.1, 0.15) is 11.5 Å². The molecule has 0 saturated heterocycles. The van der Waals surface area contributed by atoms with Gasteiger partial charge in [-0.25, -0.2) is 9.59 Å². The summed E-state index contributed by atoms with van der Waals surface area (Å²) in [5.74, 6) is 0.314. The first-order valence-corrected chi connectivity index (χ1v) is 23.1. The van der Waals surface area contributed by atoms with Gasteiger partial charge in [-0.2, -0.15) is 0 Å². The maximum Gasteiger partial charge on any atom is 0.339 e. The van der Waals surface area contributed by atoms with E-state index in [0.29, 0.717) is 33.8 Å². The summed E-state index contributed by atoms with van der Waals surface area (Å²) in [6.07, 6.45) is 8.17. The van der Waals surface area contributed by atoms with E-state index in [1.165, 1.54) is 0 Å². The minimum atomic E-state index is -1.17. The summed E-state index contributed by atoms with van der Waals surface area (Å²) in [6.45, 7) is 4.09. The van der Waals surface area contributed by atoms with Gasteiger partial charge in [0, 0.05) is 55.3 Å². The Labute approximate surface area is 395 Å². The minimum Gasteiger partial charge on any atom is -0.472 e. The fourth-order valence-electron chi connectivity index (χ4n) is 10.1. The number of hydrogen-bond donors (Lipinski definition) is 0. The zero-order valence-electron chi connectivity index (χ0n) is 37.6. The molecule has 0 saturated carbocycles. The standard InChI is InChI=1S/C62H46O6/c1-3-65-59(63)55-51-36-38-61(43-26-13-7-14-27-43,67-57(51)49-34-19-17-32-47(49)53(55)41-22-9-5-10-23-41)45-30-21-31-46(40-45)62(44-28-15-8-16-29-44)39-37-52-56(60(64)66-4-2)54(42-24-11-6-12-25-42)48-33-18-20-35-50(48)58(52)68-62/h5-40H,3-4H2,1-2H3. The quantitative estimate of drug-likeness (QED) is 0.127. The van der Waals surface area contributed by atoms with Crippen LogP contribution in [0, 0.1) is 0 Å². The average Bonchev–Trinajstić information content (AvgIpc) is 3.41. The van der Waals surface area contributed by atoms with Crippen LogP contribution < -0.4 is 9.47 Å². The molecule has 0 amide bonds. The predicted octanol–water partition coefficient (Wildman–Crippen LogP) is 14.4. The molecule has 0 fully saturated rings. The smallest absolute Gasteiger partial charge is 0.339 e. The molecule has 6 heteroatoms. The van der Waals surface area contributed by atoms with Gasteiger partial charge < -0.3 is 18.9 Å². The van der Waals surface area contributed by atoms with Gasteiger partial charge in [-0.05, 0) is 66.1 Å². The molecule has 0 spiro atoms. The van der Waals surface area contributed by atoms with Crippen molar-refractivity contribution < 1.29 is 28.5 Å². The van der Waals surface area contributed by atoms with Crippen LogP contribution in [-0.4, -0.2) is 25.2 Å². The molecule has 0 radical (unpaired) electrons. The second-order valence-corrected chi connectivity index (χ2v) is 16.9. The number of esters is 2. The lowest BCUT2D eigenvalue weighted by Crippen LogP contribution is -2.37. The average molecular weight is 887 g/mol. The Morgan fingerprint density at radius 1 is 0.412 bits per heavy atom. The van der Waals surface area contributed by atoms with Gasteiger partial charge in [0.05, 0.1) is 24.3 Å². The first-order chi connectivity index (χ1) is 33.5. The van der Waals surface area contributed by atoms with Gasteiger partial charge in [-0.15, -0.1) is 0 Å². The summed E-state index contributed by atoms with van der Waals surface area (Å²) in [5, 5.41) is 3.48. The molecular weight excluding hydrogens is 841 g/mol. The Hall–Kier alpha value is -8.48. The molecule has 0 aliphatic carbocycles. The van der Waals surface area contributed by atoms with Crippen LogP contribution in [0.2, 0.25) is 0 Å². The van der Waals surface area contributed by atoms with Crippen LogP contribution in [0.4, 0.5) is 0 Å². The van der Waals surface area contributed by atoms with Gasteiger partial charge in [0.25, 0.3) is 0 Å². The molecule has 9 aromatic carbocycles. The first-order valence-electron chi connectivity index (χ1n) is 23.1. The predicted molar refractivity (Wildman–Crippen MR) is 271 cm³/mol. The van der Waals surface area contributed by atoms with Crippen LogP contribution in [0.25, 0.3) is 56.0 Å². The topological polar surface area (TPSA) is 71.1 Å². The molecule has 2 aliphatic rings. The number of carbonyl (C=O) groups is 2. The van der Waals surface area contributed by atoms with Gasteiger partial charge in [0.2, 0.25) is 0 Å². The number of ether oxygens (including phenoxy) is 4. The summed E-state index contributed by atoms with van der Waals surface area (Å²) in [7, 11) is 0. The van der Waals surface area contributed by atoms with E-state index >= 15 is 0 Å². The summed E-state index contributed by atoms with van der Waals surface area (Å²) in [5.41, 5.74) is 6.72. The van der Waals surface area contributed by atoms with Crippen molar-refractivity contribution in [1.29, 1.82) is 0 Å². The highest BCUT2D eigenvalue weighted by Crippen LogP contribution is 2.53. The van der Waals surface area contributed by atoms with Crippen molar-refractivity contribution in [3.05, 3.63) is 251 Å². The number of carbonyl (C=O) groups excluding carboxylic acids is 2. The van der Waals surface area contributed by atoms with Crippen LogP contribution in [0.3, 0.4) is 0 Å². The van der Waals surface area contributed by atoms with E-state index in [1.54, 1.807) is 0 Å². The van der Waals surface area contributed by atoms with E-state index in [1.807, 2.05) is 166 Å². The lowest BCUT2D eigenvalue weighted by atomic mass is 9.77. The number of fused-ring (bicyclic) bond motifs is 6. The van der Waals surface area contributed by atoms with Gasteiger partial charge in [0.15, 0.2) is 11.2 Å². The molecule has 2 unspecified atom stereocenters. The van der Waals surface area contributed by atoms with Crippen molar-refractivity contribution in [1.82, 2.24) is 0 Å². The lowest BCUT2D eigenvalue weighted by Gasteiger charge is -2.40. The fourth-order valence-corrected chi connectivity index (χ4v) is 10.1. The molecule has 0 aromatic heterocycles. The van der Waals surface area contributed by atoms with E-state index < -0.39 is 23.1 Å². The first kappa shape index (κ1) is 42.2. The Bertz CT molecular complexity index is 3230. The maximum absolute atomic E-state index is 14.2. The summed E-state index contributed by atoms with van der Waals surface area (Å²) < 4.78 is 26.8. The normalized spacial score (nSPS) is 16.9. The number of benzene rings is 9. The maximum atomic E-state index is 14.2. The molecule has 11 rings (SSSR count). The fraction of sp³-hybridized carbons (Fsp3) is 0.0968. The SMILES string of the molecule is CCOC(=O)c1c2c(c3ccccc3c1-c1ccccc1)OC(c1ccccc1)(c1cccc(C3(c4ccccc4)C=Cc4c(C(=O)OCC)c(-c5ccccc5)c5ccccc5c4O3)c1)C=C2. The van der Waals surface area contributed by atoms with E-state index in [0.717, 1.165) is 66.1 Å². The van der Waals surface area contributed by atoms with Crippen LogP contribution in [0.5, 0.6) is 11.5 Å². The monoisotopic (exact) mass is 886 g/mol. The molecular formula is C62H46O6. The van der Waals surface area contributed by atoms with E-state index in [2.05, 4.69) is 66.7 Å². The highest BCUT2D eigenvalue weighted by molar-refractivity contribution is 6.15. The van der Waals surface area contributed by atoms with Crippen LogP contribution in [-0.2, 0) is 20.7 Å². The second kappa shape index (κ2) is 17.4. The van der Waals surface area contributed by atoms with Crippen LogP contribution in [0.1, 0.15) is 67.9 Å². The molecule has 2 heterocycles. The Kier molecular flexibility index (Phi) is 10.8. The van der Waals surface area contributed by atoms with E-state index in [9.17, 15) is 9.59 Å². The van der Waals surface area contributed by atoms with E-state index in [-0.39, 0.29) is 13.2 Å². The summed E-state index contributed by atoms with van der Waals surface area (Å²) in [4.78, 5) is 28.5. The zero-order chi connectivity index (χ0) is 46.2. The Morgan fingerprint density at radius 3 is 1.13 bits per heavy atom. The Balaban J connectivity index is 1.14. The minimum absolute atomic E-state index is 0.220. The van der Waals surface area contributed by atoms with Crippen molar-refractivity contribution in [2.45, 2.75) is 25.0 Å². The molecule has 2 atom stereocenters. The van der Waals surface area contributed by atoms with Crippen molar-refractivity contribution in [3.63, 3.8) is 0 Å². The molecule has 330 valence electrons. The van der Waals surface area contributed by atoms with Crippen molar-refractivity contribution in [2.24, 2.45) is 0 Å². The third-order valence-electron chi connectivity index (χ3n) is 13.1. The van der Waals surface area contributed by atoms with Crippen molar-refractivity contribution >= 4 is 45.6 Å². The molecule has 0 N–H and O–H groups in total. The number of rotatable bonds is 10. The summed E-state index contributed by atoms with van der Waals surface area (Å²) in [6, 6.07) is 64.8. The van der Waals surface area contributed by atoms with Gasteiger partial charge in [-0.1, -0.05) is 188 Å². The molecule has 68 heavy (non-hydrogen) atoms. The molecule has 0 bridgehead atoms. The third kappa shape index (κ3) is 6.87. The highest BCUT2D eigenvalue weighted by Gasteiger charge is 2.44.